The number of halogens is 1. The fourth-order valence-corrected chi connectivity index (χ4v) is 3.78. The molecule has 2 aliphatic rings. The van der Waals surface area contributed by atoms with E-state index in [2.05, 4.69) is 10.4 Å². The number of carbonyl (C=O) groups is 2. The van der Waals surface area contributed by atoms with Crippen LogP contribution in [0.25, 0.3) is 0 Å². The number of aromatic nitrogens is 2. The van der Waals surface area contributed by atoms with Crippen LogP contribution in [-0.2, 0) is 16.1 Å². The molecule has 0 spiro atoms. The Morgan fingerprint density at radius 3 is 2.70 bits per heavy atom. The molecule has 1 saturated carbocycles. The van der Waals surface area contributed by atoms with Gasteiger partial charge in [0.25, 0.3) is 5.56 Å². The largest absolute Gasteiger partial charge is 0.324 e. The van der Waals surface area contributed by atoms with Crippen molar-refractivity contribution in [2.45, 2.75) is 24.3 Å². The number of benzene rings is 1. The summed E-state index contributed by atoms with van der Waals surface area (Å²) in [6.45, 7) is 0.243. The minimum absolute atomic E-state index is 0.0926. The highest BCUT2D eigenvalue weighted by molar-refractivity contribution is 8.00. The van der Waals surface area contributed by atoms with Crippen LogP contribution < -0.4 is 15.8 Å². The van der Waals surface area contributed by atoms with Gasteiger partial charge in [0.2, 0.25) is 11.8 Å². The fourth-order valence-electron chi connectivity index (χ4n) is 2.89. The third kappa shape index (κ3) is 3.87. The van der Waals surface area contributed by atoms with E-state index in [1.807, 2.05) is 0 Å². The maximum atomic E-state index is 12.9. The van der Waals surface area contributed by atoms with Crippen molar-refractivity contribution in [2.75, 3.05) is 22.5 Å². The van der Waals surface area contributed by atoms with Gasteiger partial charge in [-0.1, -0.05) is 0 Å². The summed E-state index contributed by atoms with van der Waals surface area (Å²) in [4.78, 5) is 39.6. The van der Waals surface area contributed by atoms with Crippen LogP contribution in [0.4, 0.5) is 15.8 Å². The third-order valence-corrected chi connectivity index (χ3v) is 5.47. The first-order valence-electron chi connectivity index (χ1n) is 8.60. The van der Waals surface area contributed by atoms with Crippen molar-refractivity contribution < 1.29 is 14.0 Å². The highest BCUT2D eigenvalue weighted by atomic mass is 32.2. The Labute approximate surface area is 158 Å². The first kappa shape index (κ1) is 17.7. The van der Waals surface area contributed by atoms with Gasteiger partial charge in [-0.15, -0.1) is 11.8 Å². The van der Waals surface area contributed by atoms with Gasteiger partial charge in [0.15, 0.2) is 0 Å². The van der Waals surface area contributed by atoms with Crippen molar-refractivity contribution in [2.24, 2.45) is 5.92 Å². The number of rotatable bonds is 5. The van der Waals surface area contributed by atoms with Gasteiger partial charge < -0.3 is 10.2 Å². The topological polar surface area (TPSA) is 84.3 Å². The second-order valence-electron chi connectivity index (χ2n) is 6.61. The van der Waals surface area contributed by atoms with Crippen LogP contribution in [0, 0.1) is 11.7 Å². The van der Waals surface area contributed by atoms with Gasteiger partial charge in [0.05, 0.1) is 16.8 Å². The lowest BCUT2D eigenvalue weighted by atomic mass is 10.3. The Morgan fingerprint density at radius 2 is 2.00 bits per heavy atom. The molecule has 9 heteroatoms. The van der Waals surface area contributed by atoms with Crippen molar-refractivity contribution in [1.29, 1.82) is 0 Å². The standard InChI is InChI=1S/C18H17FN4O3S/c19-12-3-5-13(6-4-12)21-15(24)9-23-18(26)17-14(7-20-23)27-10-16(25)22(17)8-11-1-2-11/h3-7,11H,1-2,8-10H2,(H,21,24). The van der Waals surface area contributed by atoms with Crippen LogP contribution in [0.3, 0.4) is 0 Å². The monoisotopic (exact) mass is 388 g/mol. The Balaban J connectivity index is 1.56. The van der Waals surface area contributed by atoms with Crippen molar-refractivity contribution in [3.63, 3.8) is 0 Å². The van der Waals surface area contributed by atoms with Gasteiger partial charge in [-0.05, 0) is 43.0 Å². The van der Waals surface area contributed by atoms with Gasteiger partial charge in [-0.25, -0.2) is 9.07 Å². The predicted octanol–water partition coefficient (Wildman–Crippen LogP) is 1.87. The molecular formula is C18H17FN4O3S. The first-order chi connectivity index (χ1) is 13.0. The van der Waals surface area contributed by atoms with Crippen LogP contribution in [0.2, 0.25) is 0 Å². The van der Waals surface area contributed by atoms with Gasteiger partial charge in [-0.3, -0.25) is 14.4 Å². The molecule has 2 heterocycles. The smallest absolute Gasteiger partial charge is 0.292 e. The Hall–Kier alpha value is -2.68. The second kappa shape index (κ2) is 7.15. The van der Waals surface area contributed by atoms with E-state index in [1.54, 1.807) is 4.90 Å². The molecule has 1 aromatic carbocycles. The number of fused-ring (bicyclic) bond motifs is 1. The van der Waals surface area contributed by atoms with E-state index in [4.69, 9.17) is 0 Å². The quantitative estimate of drug-likeness (QED) is 0.845. The van der Waals surface area contributed by atoms with E-state index in [0.717, 1.165) is 17.5 Å². The molecule has 1 aromatic heterocycles. The molecule has 0 saturated heterocycles. The summed E-state index contributed by atoms with van der Waals surface area (Å²) in [5.74, 6) is -0.230. The average molecular weight is 388 g/mol. The van der Waals surface area contributed by atoms with E-state index < -0.39 is 17.3 Å². The molecule has 1 aliphatic heterocycles. The molecule has 4 rings (SSSR count). The molecule has 0 radical (unpaired) electrons. The number of hydrogen-bond donors (Lipinski definition) is 1. The van der Waals surface area contributed by atoms with Gasteiger partial charge >= 0.3 is 0 Å². The van der Waals surface area contributed by atoms with E-state index in [0.29, 0.717) is 28.7 Å². The molecule has 0 bridgehead atoms. The number of nitrogens with zero attached hydrogens (tertiary/aromatic N) is 3. The van der Waals surface area contributed by atoms with E-state index >= 15 is 0 Å². The van der Waals surface area contributed by atoms with Crippen LogP contribution >= 0.6 is 11.8 Å². The second-order valence-corrected chi connectivity index (χ2v) is 7.63. The first-order valence-corrected chi connectivity index (χ1v) is 9.58. The molecule has 2 aromatic rings. The summed E-state index contributed by atoms with van der Waals surface area (Å²) in [5.41, 5.74) is 0.282. The van der Waals surface area contributed by atoms with E-state index in [1.165, 1.54) is 42.2 Å². The predicted molar refractivity (Wildman–Crippen MR) is 99.3 cm³/mol. The van der Waals surface area contributed by atoms with Gasteiger partial charge in [0.1, 0.15) is 18.0 Å². The maximum absolute atomic E-state index is 12.9. The molecule has 0 atom stereocenters. The molecule has 27 heavy (non-hydrogen) atoms. The van der Waals surface area contributed by atoms with Crippen molar-refractivity contribution in [1.82, 2.24) is 9.78 Å². The molecular weight excluding hydrogens is 371 g/mol. The SMILES string of the molecule is O=C(Cn1ncc2c(c1=O)N(CC1CC1)C(=O)CS2)Nc1ccc(F)cc1. The summed E-state index contributed by atoms with van der Waals surface area (Å²) < 4.78 is 14.0. The number of nitrogens with one attached hydrogen (secondary N) is 1. The zero-order chi connectivity index (χ0) is 19.0. The van der Waals surface area contributed by atoms with E-state index in [-0.39, 0.29) is 18.2 Å². The number of amides is 2. The summed E-state index contributed by atoms with van der Waals surface area (Å²) in [6, 6.07) is 5.33. The Bertz CT molecular complexity index is 956. The number of thioether (sulfide) groups is 1. The van der Waals surface area contributed by atoms with Crippen molar-refractivity contribution in [3.05, 3.63) is 46.6 Å². The van der Waals surface area contributed by atoms with Crippen LogP contribution in [0.5, 0.6) is 0 Å². The molecule has 0 unspecified atom stereocenters. The minimum Gasteiger partial charge on any atom is -0.324 e. The lowest BCUT2D eigenvalue weighted by molar-refractivity contribution is -0.117. The summed E-state index contributed by atoms with van der Waals surface area (Å²) >= 11 is 1.29. The Morgan fingerprint density at radius 1 is 1.26 bits per heavy atom. The third-order valence-electron chi connectivity index (χ3n) is 4.47. The summed E-state index contributed by atoms with van der Waals surface area (Å²) in [5, 5.41) is 6.66. The van der Waals surface area contributed by atoms with Gasteiger partial charge in [-0.2, -0.15) is 5.10 Å². The molecule has 7 nitrogen and oxygen atoms in total. The number of carbonyl (C=O) groups excluding carboxylic acids is 2. The molecule has 1 N–H and O–H groups in total. The number of hydrogen-bond acceptors (Lipinski definition) is 5. The minimum atomic E-state index is -0.459. The molecule has 2 amide bonds. The maximum Gasteiger partial charge on any atom is 0.292 e. The highest BCUT2D eigenvalue weighted by Gasteiger charge is 2.34. The fraction of sp³-hybridized carbons (Fsp3) is 0.333. The van der Waals surface area contributed by atoms with Crippen LogP contribution in [0.15, 0.2) is 40.2 Å². The Kier molecular flexibility index (Phi) is 4.69. The average Bonchev–Trinajstić information content (AvgIpc) is 3.46. The summed E-state index contributed by atoms with van der Waals surface area (Å²) in [6.07, 6.45) is 3.65. The lowest BCUT2D eigenvalue weighted by Gasteiger charge is -2.28. The zero-order valence-electron chi connectivity index (χ0n) is 14.4. The van der Waals surface area contributed by atoms with Crippen molar-refractivity contribution in [3.8, 4) is 0 Å². The highest BCUT2D eigenvalue weighted by Crippen LogP contribution is 2.36. The molecule has 1 fully saturated rings. The van der Waals surface area contributed by atoms with E-state index in [9.17, 15) is 18.8 Å². The molecule has 1 aliphatic carbocycles. The van der Waals surface area contributed by atoms with Crippen LogP contribution in [0.1, 0.15) is 12.8 Å². The summed E-state index contributed by atoms with van der Waals surface area (Å²) in [7, 11) is 0. The van der Waals surface area contributed by atoms with Crippen molar-refractivity contribution >= 4 is 35.0 Å². The lowest BCUT2D eigenvalue weighted by Crippen LogP contribution is -2.43. The normalized spacial score (nSPS) is 16.2. The zero-order valence-corrected chi connectivity index (χ0v) is 15.2. The van der Waals surface area contributed by atoms with Gasteiger partial charge in [0, 0.05) is 12.2 Å². The number of anilines is 2. The molecule has 140 valence electrons. The van der Waals surface area contributed by atoms with Crippen LogP contribution in [-0.4, -0.2) is 33.9 Å².